The summed E-state index contributed by atoms with van der Waals surface area (Å²) in [6.45, 7) is 6.37. The van der Waals surface area contributed by atoms with E-state index in [4.69, 9.17) is 32.7 Å². The van der Waals surface area contributed by atoms with Gasteiger partial charge in [0.1, 0.15) is 23.7 Å². The van der Waals surface area contributed by atoms with Gasteiger partial charge in [0.25, 0.3) is 0 Å². The molecule has 0 unspecified atom stereocenters. The molecule has 0 aromatic heterocycles. The van der Waals surface area contributed by atoms with Gasteiger partial charge in [-0.05, 0) is 30.2 Å². The van der Waals surface area contributed by atoms with Gasteiger partial charge in [0.2, 0.25) is 0 Å². The first-order valence-electron chi connectivity index (χ1n) is 9.70. The van der Waals surface area contributed by atoms with Gasteiger partial charge in [0.05, 0.1) is 15.5 Å². The Balaban J connectivity index is 1.74. The Labute approximate surface area is 179 Å². The number of ketones is 1. The molecule has 0 amide bonds. The van der Waals surface area contributed by atoms with Gasteiger partial charge in [0, 0.05) is 22.3 Å². The van der Waals surface area contributed by atoms with Crippen LogP contribution in [0.4, 0.5) is 0 Å². The number of benzene rings is 2. The van der Waals surface area contributed by atoms with Gasteiger partial charge in [-0.3, -0.25) is 4.79 Å². The zero-order valence-corrected chi connectivity index (χ0v) is 17.8. The van der Waals surface area contributed by atoms with E-state index in [9.17, 15) is 4.79 Å². The zero-order chi connectivity index (χ0) is 20.5. The minimum atomic E-state index is -0.501. The van der Waals surface area contributed by atoms with Crippen LogP contribution >= 0.6 is 23.2 Å². The van der Waals surface area contributed by atoms with Crippen LogP contribution < -0.4 is 9.47 Å². The van der Waals surface area contributed by atoms with Crippen LogP contribution in [0.3, 0.4) is 0 Å². The highest BCUT2D eigenvalue weighted by atomic mass is 35.5. The van der Waals surface area contributed by atoms with Crippen LogP contribution in [0.25, 0.3) is 12.2 Å². The monoisotopic (exact) mass is 426 g/mol. The summed E-state index contributed by atoms with van der Waals surface area (Å²) in [5.41, 5.74) is 2.43. The van der Waals surface area contributed by atoms with Crippen LogP contribution in [0.2, 0.25) is 10.0 Å². The molecule has 2 aliphatic heterocycles. The molecule has 1 fully saturated rings. The number of halogens is 2. The van der Waals surface area contributed by atoms with E-state index in [1.807, 2.05) is 36.4 Å². The topological polar surface area (TPSA) is 35.5 Å². The van der Waals surface area contributed by atoms with Crippen molar-refractivity contribution in [2.24, 2.45) is 11.3 Å². The van der Waals surface area contributed by atoms with Gasteiger partial charge in [-0.2, -0.15) is 0 Å². The number of hydrogen-bond acceptors (Lipinski definition) is 3. The smallest absolute Gasteiger partial charge is 0.192 e. The van der Waals surface area contributed by atoms with Gasteiger partial charge in [-0.25, -0.2) is 0 Å². The van der Waals surface area contributed by atoms with Crippen molar-refractivity contribution in [3.05, 3.63) is 68.7 Å². The lowest BCUT2D eigenvalue weighted by Crippen LogP contribution is -2.60. The average molecular weight is 427 g/mol. The summed E-state index contributed by atoms with van der Waals surface area (Å²) in [4.78, 5) is 13.5. The van der Waals surface area contributed by atoms with E-state index in [1.165, 1.54) is 0 Å². The van der Waals surface area contributed by atoms with E-state index >= 15 is 0 Å². The summed E-state index contributed by atoms with van der Waals surface area (Å²) in [6.07, 6.45) is 2.91. The molecule has 0 bridgehead atoms. The number of hydrogen-bond donors (Lipinski definition) is 0. The summed E-state index contributed by atoms with van der Waals surface area (Å²) in [5.74, 6) is 1.34. The number of ether oxygens (including phenoxy) is 2. The molecule has 3 nitrogen and oxygen atoms in total. The van der Waals surface area contributed by atoms with Crippen molar-refractivity contribution < 1.29 is 14.3 Å². The third-order valence-electron chi connectivity index (χ3n) is 6.55. The Kier molecular flexibility index (Phi) is 4.13. The molecular weight excluding hydrogens is 407 g/mol. The Hall–Kier alpha value is -2.23. The SMILES string of the molecule is CC(C)C1(C)[C@@H]2Oc3c(Cl)cccc3C=C2C(=O)C2=Cc3cccc(Cl)c3O[C@H]21. The lowest BCUT2D eigenvalue weighted by atomic mass is 9.59. The number of carbonyl (C=O) groups is 1. The number of Topliss-reactive ketones (excluding diaryl/α,β-unsaturated/α-hetero) is 1. The molecule has 5 heteroatoms. The minimum absolute atomic E-state index is 0.0469. The highest BCUT2D eigenvalue weighted by Gasteiger charge is 2.58. The van der Waals surface area contributed by atoms with Crippen LogP contribution in [0, 0.1) is 11.3 Å². The van der Waals surface area contributed by atoms with Crippen molar-refractivity contribution in [2.75, 3.05) is 0 Å². The third kappa shape index (κ3) is 2.54. The van der Waals surface area contributed by atoms with Crippen molar-refractivity contribution >= 4 is 41.1 Å². The highest BCUT2D eigenvalue weighted by molar-refractivity contribution is 6.33. The fraction of sp³-hybridized carbons (Fsp3) is 0.292. The fourth-order valence-electron chi connectivity index (χ4n) is 4.58. The van der Waals surface area contributed by atoms with Crippen molar-refractivity contribution in [1.82, 2.24) is 0 Å². The molecule has 148 valence electrons. The maximum absolute atomic E-state index is 13.5. The van der Waals surface area contributed by atoms with E-state index < -0.39 is 17.6 Å². The van der Waals surface area contributed by atoms with Crippen LogP contribution in [-0.2, 0) is 4.79 Å². The molecule has 2 aromatic rings. The summed E-state index contributed by atoms with van der Waals surface area (Å²) in [5, 5.41) is 1.08. The van der Waals surface area contributed by atoms with E-state index in [1.54, 1.807) is 12.1 Å². The molecule has 1 saturated carbocycles. The highest BCUT2D eigenvalue weighted by Crippen LogP contribution is 2.54. The Morgan fingerprint density at radius 3 is 1.72 bits per heavy atom. The standard InChI is InChI=1S/C24H20Cl2O3/c1-12(2)24(3)22-15(10-13-6-4-8-17(25)20(13)28-22)19(27)16-11-14-7-5-9-18(26)21(14)29-23(16)24/h4-12,22-23H,1-3H3/t22-,23-/m1/s1. The van der Waals surface area contributed by atoms with Crippen LogP contribution in [-0.4, -0.2) is 18.0 Å². The molecule has 0 N–H and O–H groups in total. The molecule has 0 saturated heterocycles. The van der Waals surface area contributed by atoms with Crippen molar-refractivity contribution in [3.8, 4) is 11.5 Å². The molecule has 0 spiro atoms. The van der Waals surface area contributed by atoms with Crippen molar-refractivity contribution in [2.45, 2.75) is 33.0 Å². The van der Waals surface area contributed by atoms with Gasteiger partial charge in [-0.15, -0.1) is 0 Å². The first-order valence-corrected chi connectivity index (χ1v) is 10.5. The largest absolute Gasteiger partial charge is 0.483 e. The van der Waals surface area contributed by atoms with E-state index in [0.29, 0.717) is 32.7 Å². The number of rotatable bonds is 1. The number of carbonyl (C=O) groups excluding carboxylic acids is 1. The van der Waals surface area contributed by atoms with Crippen molar-refractivity contribution in [1.29, 1.82) is 0 Å². The molecule has 29 heavy (non-hydrogen) atoms. The predicted molar refractivity (Wildman–Crippen MR) is 116 cm³/mol. The van der Waals surface area contributed by atoms with Crippen LogP contribution in [0.5, 0.6) is 11.5 Å². The van der Waals surface area contributed by atoms with Crippen LogP contribution in [0.1, 0.15) is 31.9 Å². The lowest BCUT2D eigenvalue weighted by molar-refractivity contribution is -0.122. The second-order valence-corrected chi connectivity index (χ2v) is 9.18. The molecular formula is C24H20Cl2O3. The maximum atomic E-state index is 13.5. The Morgan fingerprint density at radius 1 is 0.862 bits per heavy atom. The second-order valence-electron chi connectivity index (χ2n) is 8.36. The summed E-state index contributed by atoms with van der Waals surface area (Å²) in [7, 11) is 0. The summed E-state index contributed by atoms with van der Waals surface area (Å²) in [6, 6.07) is 11.2. The average Bonchev–Trinajstić information content (AvgIpc) is 2.70. The number of para-hydroxylation sites is 2. The van der Waals surface area contributed by atoms with E-state index in [0.717, 1.165) is 11.1 Å². The molecule has 2 heterocycles. The maximum Gasteiger partial charge on any atom is 0.192 e. The Morgan fingerprint density at radius 2 is 1.31 bits per heavy atom. The molecule has 2 atom stereocenters. The quantitative estimate of drug-likeness (QED) is 0.542. The predicted octanol–water partition coefficient (Wildman–Crippen LogP) is 6.23. The summed E-state index contributed by atoms with van der Waals surface area (Å²) >= 11 is 12.8. The van der Waals surface area contributed by atoms with Crippen LogP contribution in [0.15, 0.2) is 47.5 Å². The second kappa shape index (κ2) is 6.38. The van der Waals surface area contributed by atoms with Gasteiger partial charge in [0.15, 0.2) is 5.78 Å². The zero-order valence-electron chi connectivity index (χ0n) is 16.3. The normalized spacial score (nSPS) is 23.6. The molecule has 0 radical (unpaired) electrons. The van der Waals surface area contributed by atoms with Gasteiger partial charge < -0.3 is 9.47 Å². The molecule has 5 rings (SSSR count). The van der Waals surface area contributed by atoms with Crippen molar-refractivity contribution in [3.63, 3.8) is 0 Å². The first-order chi connectivity index (χ1) is 13.8. The van der Waals surface area contributed by atoms with E-state index in [-0.39, 0.29) is 11.7 Å². The Bertz CT molecular complexity index is 1030. The lowest BCUT2D eigenvalue weighted by Gasteiger charge is -2.52. The third-order valence-corrected chi connectivity index (χ3v) is 7.15. The molecule has 1 aliphatic carbocycles. The molecule has 2 aromatic carbocycles. The first kappa shape index (κ1) is 18.8. The fourth-order valence-corrected chi connectivity index (χ4v) is 5.03. The number of fused-ring (bicyclic) bond motifs is 4. The van der Waals surface area contributed by atoms with E-state index in [2.05, 4.69) is 20.8 Å². The summed E-state index contributed by atoms with van der Waals surface area (Å²) < 4.78 is 12.8. The minimum Gasteiger partial charge on any atom is -0.483 e. The van der Waals surface area contributed by atoms with Gasteiger partial charge >= 0.3 is 0 Å². The van der Waals surface area contributed by atoms with Gasteiger partial charge in [-0.1, -0.05) is 68.2 Å². The molecule has 3 aliphatic rings.